The highest BCUT2D eigenvalue weighted by molar-refractivity contribution is 7.12. The molecular weight excluding hydrogens is 282 g/mol. The normalized spacial score (nSPS) is 14.2. The van der Waals surface area contributed by atoms with Crippen LogP contribution in [0.1, 0.15) is 39.7 Å². The topological polar surface area (TPSA) is 37.4 Å². The van der Waals surface area contributed by atoms with Crippen molar-refractivity contribution in [2.24, 2.45) is 0 Å². The Hall–Kier alpha value is -1.94. The van der Waals surface area contributed by atoms with E-state index in [1.54, 1.807) is 11.9 Å². The number of nitrogens with zero attached hydrogens (tertiary/aromatic N) is 1. The second-order valence-corrected chi connectivity index (χ2v) is 6.17. The first kappa shape index (κ1) is 14.0. The maximum Gasteiger partial charge on any atom is 0.227 e. The van der Waals surface area contributed by atoms with Gasteiger partial charge in [-0.05, 0) is 53.6 Å². The summed E-state index contributed by atoms with van der Waals surface area (Å²) in [5.74, 6) is 0.220. The number of hydrogen-bond acceptors (Lipinski definition) is 3. The molecule has 1 aromatic heterocycles. The number of aryl methyl sites for hydroxylation is 2. The molecule has 1 aliphatic rings. The predicted octanol–water partition coefficient (Wildman–Crippen LogP) is 3.45. The molecule has 2 heterocycles. The third kappa shape index (κ3) is 2.40. The lowest BCUT2D eigenvalue weighted by Crippen LogP contribution is -2.31. The smallest absolute Gasteiger partial charge is 0.227 e. The zero-order valence-corrected chi connectivity index (χ0v) is 13.0. The maximum atomic E-state index is 12.6. The van der Waals surface area contributed by atoms with E-state index < -0.39 is 0 Å². The van der Waals surface area contributed by atoms with Crippen LogP contribution in [0.15, 0.2) is 29.6 Å². The minimum atomic E-state index is 0.0872. The third-order valence-corrected chi connectivity index (χ3v) is 4.97. The van der Waals surface area contributed by atoms with Crippen LogP contribution < -0.4 is 4.90 Å². The molecule has 21 heavy (non-hydrogen) atoms. The fourth-order valence-corrected chi connectivity index (χ4v) is 3.70. The highest BCUT2D eigenvalue weighted by Gasteiger charge is 2.22. The number of hydrogen-bond donors (Lipinski definition) is 0. The maximum absolute atomic E-state index is 12.6. The monoisotopic (exact) mass is 299 g/mol. The number of anilines is 1. The summed E-state index contributed by atoms with van der Waals surface area (Å²) in [7, 11) is 1.79. The van der Waals surface area contributed by atoms with E-state index in [-0.39, 0.29) is 11.7 Å². The Balaban J connectivity index is 1.98. The number of fused-ring (bicyclic) bond motifs is 1. The molecule has 4 heteroatoms. The van der Waals surface area contributed by atoms with Crippen molar-refractivity contribution < 1.29 is 9.59 Å². The predicted molar refractivity (Wildman–Crippen MR) is 85.3 cm³/mol. The SMILES string of the molecule is CCc1ccsc1C(=O)c1ccc2c(c1)CCC(=O)N2C. The standard InChI is InChI=1S/C17H17NO2S/c1-3-11-8-9-21-17(11)16(20)13-4-6-14-12(10-13)5-7-15(19)18(14)2/h4,6,8-10H,3,5,7H2,1-2H3. The molecule has 0 radical (unpaired) electrons. The molecule has 0 fully saturated rings. The van der Waals surface area contributed by atoms with Crippen molar-refractivity contribution in [2.75, 3.05) is 11.9 Å². The van der Waals surface area contributed by atoms with Crippen LogP contribution in [0.3, 0.4) is 0 Å². The molecule has 3 rings (SSSR count). The van der Waals surface area contributed by atoms with E-state index >= 15 is 0 Å². The number of ketones is 1. The van der Waals surface area contributed by atoms with Crippen molar-refractivity contribution in [3.8, 4) is 0 Å². The lowest BCUT2D eigenvalue weighted by molar-refractivity contribution is -0.118. The molecule has 1 aliphatic heterocycles. The molecular formula is C17H17NO2S. The van der Waals surface area contributed by atoms with Crippen molar-refractivity contribution in [3.05, 3.63) is 51.2 Å². The molecule has 0 N–H and O–H groups in total. The Bertz CT molecular complexity index is 717. The van der Waals surface area contributed by atoms with Crippen molar-refractivity contribution in [1.82, 2.24) is 0 Å². The highest BCUT2D eigenvalue weighted by atomic mass is 32.1. The van der Waals surface area contributed by atoms with E-state index in [9.17, 15) is 9.59 Å². The summed E-state index contributed by atoms with van der Waals surface area (Å²) >= 11 is 1.50. The van der Waals surface area contributed by atoms with E-state index in [0.717, 1.165) is 28.1 Å². The van der Waals surface area contributed by atoms with Gasteiger partial charge in [-0.3, -0.25) is 9.59 Å². The number of thiophene rings is 1. The van der Waals surface area contributed by atoms with Gasteiger partial charge in [0, 0.05) is 24.7 Å². The largest absolute Gasteiger partial charge is 0.315 e. The first-order valence-electron chi connectivity index (χ1n) is 7.12. The van der Waals surface area contributed by atoms with Gasteiger partial charge < -0.3 is 4.90 Å². The Kier molecular flexibility index (Phi) is 3.64. The molecule has 0 saturated heterocycles. The number of benzene rings is 1. The lowest BCUT2D eigenvalue weighted by atomic mass is 9.96. The minimum Gasteiger partial charge on any atom is -0.315 e. The average molecular weight is 299 g/mol. The zero-order chi connectivity index (χ0) is 15.0. The van der Waals surface area contributed by atoms with Gasteiger partial charge in [0.25, 0.3) is 0 Å². The van der Waals surface area contributed by atoms with Gasteiger partial charge in [-0.1, -0.05) is 6.92 Å². The van der Waals surface area contributed by atoms with Crippen LogP contribution in [-0.2, 0) is 17.6 Å². The van der Waals surface area contributed by atoms with Crippen LogP contribution in [-0.4, -0.2) is 18.7 Å². The average Bonchev–Trinajstić information content (AvgIpc) is 2.98. The van der Waals surface area contributed by atoms with Crippen LogP contribution in [0.25, 0.3) is 0 Å². The van der Waals surface area contributed by atoms with Crippen LogP contribution in [0, 0.1) is 0 Å². The molecule has 0 unspecified atom stereocenters. The van der Waals surface area contributed by atoms with Crippen molar-refractivity contribution >= 4 is 28.7 Å². The molecule has 2 aromatic rings. The molecule has 0 aliphatic carbocycles. The number of amides is 1. The lowest BCUT2D eigenvalue weighted by Gasteiger charge is -2.26. The summed E-state index contributed by atoms with van der Waals surface area (Å²) in [6, 6.07) is 7.68. The Morgan fingerprint density at radius 2 is 2.10 bits per heavy atom. The molecule has 0 saturated carbocycles. The van der Waals surface area contributed by atoms with Crippen LogP contribution in [0.2, 0.25) is 0 Å². The molecule has 1 aromatic carbocycles. The van der Waals surface area contributed by atoms with Gasteiger partial charge >= 0.3 is 0 Å². The van der Waals surface area contributed by atoms with Crippen molar-refractivity contribution in [2.45, 2.75) is 26.2 Å². The first-order chi connectivity index (χ1) is 10.1. The van der Waals surface area contributed by atoms with Crippen LogP contribution in [0.4, 0.5) is 5.69 Å². The number of carbonyl (C=O) groups excluding carboxylic acids is 2. The molecule has 0 atom stereocenters. The number of rotatable bonds is 3. The van der Waals surface area contributed by atoms with Gasteiger partial charge in [0.1, 0.15) is 0 Å². The van der Waals surface area contributed by atoms with Crippen LogP contribution >= 0.6 is 11.3 Å². The Morgan fingerprint density at radius 3 is 2.86 bits per heavy atom. The van der Waals surface area contributed by atoms with E-state index in [2.05, 4.69) is 6.92 Å². The summed E-state index contributed by atoms with van der Waals surface area (Å²) in [5, 5.41) is 1.97. The molecule has 108 valence electrons. The van der Waals surface area contributed by atoms with Gasteiger partial charge in [0.15, 0.2) is 0 Å². The minimum absolute atomic E-state index is 0.0872. The van der Waals surface area contributed by atoms with Gasteiger partial charge in [-0.2, -0.15) is 0 Å². The fraction of sp³-hybridized carbons (Fsp3) is 0.294. The van der Waals surface area contributed by atoms with E-state index in [0.29, 0.717) is 18.4 Å². The second-order valence-electron chi connectivity index (χ2n) is 5.25. The molecule has 0 spiro atoms. The summed E-state index contributed by atoms with van der Waals surface area (Å²) in [6.45, 7) is 2.06. The van der Waals surface area contributed by atoms with Gasteiger partial charge in [0.05, 0.1) is 4.88 Å². The first-order valence-corrected chi connectivity index (χ1v) is 8.00. The van der Waals surface area contributed by atoms with E-state index in [1.165, 1.54) is 11.3 Å². The fourth-order valence-electron chi connectivity index (χ4n) is 2.74. The summed E-state index contributed by atoms with van der Waals surface area (Å²) < 4.78 is 0. The van der Waals surface area contributed by atoms with Crippen molar-refractivity contribution in [3.63, 3.8) is 0 Å². The summed E-state index contributed by atoms with van der Waals surface area (Å²) in [4.78, 5) is 26.9. The molecule has 1 amide bonds. The molecule has 3 nitrogen and oxygen atoms in total. The van der Waals surface area contributed by atoms with Crippen LogP contribution in [0.5, 0.6) is 0 Å². The van der Waals surface area contributed by atoms with Crippen molar-refractivity contribution in [1.29, 1.82) is 0 Å². The summed E-state index contributed by atoms with van der Waals surface area (Å²) in [6.07, 6.45) is 2.10. The Labute approximate surface area is 128 Å². The zero-order valence-electron chi connectivity index (χ0n) is 12.2. The number of carbonyl (C=O) groups is 2. The third-order valence-electron chi connectivity index (χ3n) is 4.02. The van der Waals surface area contributed by atoms with Gasteiger partial charge in [-0.15, -0.1) is 11.3 Å². The van der Waals surface area contributed by atoms with E-state index in [4.69, 9.17) is 0 Å². The summed E-state index contributed by atoms with van der Waals surface area (Å²) in [5.41, 5.74) is 3.82. The molecule has 0 bridgehead atoms. The highest BCUT2D eigenvalue weighted by Crippen LogP contribution is 2.29. The Morgan fingerprint density at radius 1 is 1.29 bits per heavy atom. The second kappa shape index (κ2) is 5.45. The van der Waals surface area contributed by atoms with Gasteiger partial charge in [-0.25, -0.2) is 0 Å². The van der Waals surface area contributed by atoms with Gasteiger partial charge in [0.2, 0.25) is 11.7 Å². The quantitative estimate of drug-likeness (QED) is 0.814. The van der Waals surface area contributed by atoms with E-state index in [1.807, 2.05) is 29.6 Å².